The third kappa shape index (κ3) is 15.7. The SMILES string of the molecule is [13CH3][13CH2][13CH2][13CH2][13CH2][13CH2][13CH2][13CH2][13CH2][13CH2][13CH2][13CH2][13CH2][13CH2][13CH2][13CH]=O. The molecular formula is C16H32O. The first kappa shape index (κ1) is 16.7. The molecule has 0 unspecified atom stereocenters. The third-order valence-electron chi connectivity index (χ3n) is 3.43. The van der Waals surface area contributed by atoms with Crippen LogP contribution in [0.5, 0.6) is 0 Å². The molecule has 0 saturated carbocycles. The van der Waals surface area contributed by atoms with Crippen molar-refractivity contribution >= 4 is 6.29 Å². The molecule has 0 atom stereocenters. The summed E-state index contributed by atoms with van der Waals surface area (Å²) in [6, 6.07) is 0. The van der Waals surface area contributed by atoms with Crippen LogP contribution in [0.15, 0.2) is 0 Å². The minimum absolute atomic E-state index is 0.762. The third-order valence-corrected chi connectivity index (χ3v) is 3.43. The molecule has 0 aromatic heterocycles. The van der Waals surface area contributed by atoms with Gasteiger partial charge in [-0.15, -0.1) is 0 Å². The van der Waals surface area contributed by atoms with Crippen LogP contribution in [0.25, 0.3) is 0 Å². The molecule has 0 bridgehead atoms. The normalized spacial score (nSPS) is 10.6. The van der Waals surface area contributed by atoms with E-state index in [2.05, 4.69) is 6.92 Å². The lowest BCUT2D eigenvalue weighted by Crippen LogP contribution is -1.83. The summed E-state index contributed by atoms with van der Waals surface area (Å²) < 4.78 is 0. The van der Waals surface area contributed by atoms with Crippen molar-refractivity contribution in [3.63, 3.8) is 0 Å². The van der Waals surface area contributed by atoms with Gasteiger partial charge in [0, 0.05) is 6.42 Å². The second kappa shape index (κ2) is 15.7. The summed E-state index contributed by atoms with van der Waals surface area (Å²) in [5.41, 5.74) is 0. The predicted molar refractivity (Wildman–Crippen MR) is 76.4 cm³/mol. The van der Waals surface area contributed by atoms with Gasteiger partial charge in [-0.05, 0) is 6.42 Å². The molecule has 0 aliphatic rings. The lowest BCUT2D eigenvalue weighted by Gasteiger charge is -2.02. The van der Waals surface area contributed by atoms with Gasteiger partial charge in [0.2, 0.25) is 0 Å². The van der Waals surface area contributed by atoms with E-state index in [0.29, 0.717) is 0 Å². The van der Waals surface area contributed by atoms with E-state index in [1.54, 1.807) is 0 Å². The van der Waals surface area contributed by atoms with Gasteiger partial charge in [0.05, 0.1) is 0 Å². The second-order valence-electron chi connectivity index (χ2n) is 5.20. The Hall–Kier alpha value is -0.330. The molecule has 1 nitrogen and oxygen atoms in total. The molecule has 0 aliphatic carbocycles. The van der Waals surface area contributed by atoms with Gasteiger partial charge in [0.25, 0.3) is 0 Å². The second-order valence-corrected chi connectivity index (χ2v) is 5.20. The molecule has 0 aliphatic heterocycles. The number of unbranched alkanes of at least 4 members (excludes halogenated alkanes) is 13. The summed E-state index contributed by atoms with van der Waals surface area (Å²) in [5, 5.41) is 0. The molecule has 102 valence electrons. The van der Waals surface area contributed by atoms with Crippen molar-refractivity contribution in [3.05, 3.63) is 0 Å². The zero-order valence-corrected chi connectivity index (χ0v) is 11.9. The molecule has 0 rings (SSSR count). The van der Waals surface area contributed by atoms with E-state index in [1.165, 1.54) is 77.0 Å². The molecule has 0 aromatic carbocycles. The van der Waals surface area contributed by atoms with Crippen molar-refractivity contribution in [1.82, 2.24) is 0 Å². The zero-order valence-electron chi connectivity index (χ0n) is 11.9. The van der Waals surface area contributed by atoms with Gasteiger partial charge in [-0.3, -0.25) is 0 Å². The highest BCUT2D eigenvalue weighted by molar-refractivity contribution is 5.48. The maximum atomic E-state index is 10.1. The maximum Gasteiger partial charge on any atom is 0.119 e. The number of rotatable bonds is 14. The predicted octanol–water partition coefficient (Wildman–Crippen LogP) is 5.67. The Morgan fingerprint density at radius 1 is 0.588 bits per heavy atom. The Kier molecular flexibility index (Phi) is 15.4. The van der Waals surface area contributed by atoms with E-state index in [0.717, 1.165) is 19.1 Å². The molecule has 0 amide bonds. The van der Waals surface area contributed by atoms with Crippen LogP contribution in [0, 0.1) is 0 Å². The Morgan fingerprint density at radius 3 is 1.29 bits per heavy atom. The van der Waals surface area contributed by atoms with E-state index >= 15 is 0 Å². The molecule has 0 saturated heterocycles. The van der Waals surface area contributed by atoms with Crippen LogP contribution in [0.4, 0.5) is 0 Å². The highest BCUT2D eigenvalue weighted by atomic mass is 16.2. The Balaban J connectivity index is 2.87. The van der Waals surface area contributed by atoms with Crippen molar-refractivity contribution in [2.24, 2.45) is 0 Å². The van der Waals surface area contributed by atoms with Gasteiger partial charge in [-0.2, -0.15) is 0 Å². The molecule has 0 aromatic rings. The number of aldehydes is 1. The summed E-state index contributed by atoms with van der Waals surface area (Å²) in [6.45, 7) is 2.27. The lowest BCUT2D eigenvalue weighted by molar-refractivity contribution is -0.107. The smallest absolute Gasteiger partial charge is 0.119 e. The van der Waals surface area contributed by atoms with Gasteiger partial charge >= 0.3 is 0 Å². The number of hydrogen-bond acceptors (Lipinski definition) is 1. The molecule has 1 heteroatoms. The Labute approximate surface area is 108 Å². The summed E-state index contributed by atoms with van der Waals surface area (Å²) in [5.74, 6) is 0. The Bertz CT molecular complexity index is 142. The standard InChI is InChI=1S/C16H32O/c1-2-3-4-5-6-7-8-9-10-11-12-13-14-15-16-17/h16H,2-15H2,1H3/i1+1,2+1,3+1,4+1,5+1,6+1,7+1,8+1,9+1,10+1,11+1,12+1,13+1,14+1,15+1,16+1. The van der Waals surface area contributed by atoms with Crippen molar-refractivity contribution < 1.29 is 4.79 Å². The Morgan fingerprint density at radius 2 is 0.941 bits per heavy atom. The number of carbonyl (C=O) groups excluding carboxylic acids is 1. The van der Waals surface area contributed by atoms with Crippen LogP contribution in [0.3, 0.4) is 0 Å². The van der Waals surface area contributed by atoms with Crippen LogP contribution in [-0.2, 0) is 4.79 Å². The van der Waals surface area contributed by atoms with E-state index in [-0.39, 0.29) is 0 Å². The fourth-order valence-electron chi connectivity index (χ4n) is 2.25. The minimum atomic E-state index is 0.762. The van der Waals surface area contributed by atoms with Gasteiger partial charge < -0.3 is 4.79 Å². The number of carbonyl (C=O) groups is 1. The van der Waals surface area contributed by atoms with Crippen molar-refractivity contribution in [2.75, 3.05) is 0 Å². The molecule has 0 radical (unpaired) electrons. The summed E-state index contributed by atoms with van der Waals surface area (Å²) >= 11 is 0. The van der Waals surface area contributed by atoms with Crippen LogP contribution in [0.2, 0.25) is 0 Å². The molecule has 0 heterocycles. The zero-order chi connectivity index (χ0) is 12.6. The average molecular weight is 256 g/mol. The van der Waals surface area contributed by atoms with Crippen molar-refractivity contribution in [3.8, 4) is 0 Å². The van der Waals surface area contributed by atoms with E-state index in [9.17, 15) is 4.79 Å². The van der Waals surface area contributed by atoms with Crippen LogP contribution >= 0.6 is 0 Å². The van der Waals surface area contributed by atoms with Crippen LogP contribution in [-0.4, -0.2) is 6.29 Å². The maximum absolute atomic E-state index is 10.1. The van der Waals surface area contributed by atoms with Crippen LogP contribution in [0.1, 0.15) is 96.8 Å². The van der Waals surface area contributed by atoms with E-state index in [4.69, 9.17) is 0 Å². The fourth-order valence-corrected chi connectivity index (χ4v) is 2.25. The summed E-state index contributed by atoms with van der Waals surface area (Å²) in [7, 11) is 0. The highest BCUT2D eigenvalue weighted by Crippen LogP contribution is 2.12. The largest absolute Gasteiger partial charge is 0.303 e. The quantitative estimate of drug-likeness (QED) is 0.222. The van der Waals surface area contributed by atoms with Crippen molar-refractivity contribution in [2.45, 2.75) is 96.8 Å². The van der Waals surface area contributed by atoms with Gasteiger partial charge in [0.1, 0.15) is 6.29 Å². The van der Waals surface area contributed by atoms with Gasteiger partial charge in [-0.1, -0.05) is 84.0 Å². The molecule has 17 heavy (non-hydrogen) atoms. The fraction of sp³-hybridized carbons (Fsp3) is 0.938. The van der Waals surface area contributed by atoms with E-state index in [1.807, 2.05) is 0 Å². The van der Waals surface area contributed by atoms with E-state index < -0.39 is 0 Å². The molecule has 0 fully saturated rings. The first-order valence-electron chi connectivity index (χ1n) is 7.85. The monoisotopic (exact) mass is 256 g/mol. The molecule has 0 N–H and O–H groups in total. The van der Waals surface area contributed by atoms with Gasteiger partial charge in [0.15, 0.2) is 0 Å². The average Bonchev–Trinajstić information content (AvgIpc) is 2.35. The first-order chi connectivity index (χ1) is 8.41. The highest BCUT2D eigenvalue weighted by Gasteiger charge is 1.93. The van der Waals surface area contributed by atoms with Gasteiger partial charge in [-0.25, -0.2) is 0 Å². The topological polar surface area (TPSA) is 17.1 Å². The van der Waals surface area contributed by atoms with Crippen molar-refractivity contribution in [1.29, 1.82) is 0 Å². The molecular weight excluding hydrogens is 224 g/mol. The number of hydrogen-bond donors (Lipinski definition) is 0. The molecule has 0 spiro atoms. The lowest BCUT2D eigenvalue weighted by atomic mass is 11.0. The summed E-state index contributed by atoms with van der Waals surface area (Å²) in [6.07, 6.45) is 19.6. The summed E-state index contributed by atoms with van der Waals surface area (Å²) in [4.78, 5) is 10.1. The first-order valence-corrected chi connectivity index (χ1v) is 7.85. The minimum Gasteiger partial charge on any atom is -0.303 e. The van der Waals surface area contributed by atoms with Crippen LogP contribution < -0.4 is 0 Å².